The maximum absolute atomic E-state index is 11.4. The minimum Gasteiger partial charge on any atom is -0.382 e. The molecule has 0 heterocycles. The van der Waals surface area contributed by atoms with E-state index in [1.54, 1.807) is 0 Å². The Kier molecular flexibility index (Phi) is 6.83. The molecule has 1 unspecified atom stereocenters. The lowest BCUT2D eigenvalue weighted by Crippen LogP contribution is -2.64. The fraction of sp³-hybridized carbons (Fsp3) is 0.241. The fourth-order valence-electron chi connectivity index (χ4n) is 4.39. The van der Waals surface area contributed by atoms with E-state index in [4.69, 9.17) is 0 Å². The van der Waals surface area contributed by atoms with E-state index >= 15 is 0 Å². The standard InChI is InChI=1S/C29H34OSi/c1-24(29(5,30)22-21-25-15-9-6-10-16-25)23-31(28(2,3)4,26-17-11-7-12-18-26)27-19-13-8-14-20-27/h6-22,30H,1,23H2,2-5H3/b22-21+. The molecule has 0 aromatic heterocycles. The third-order valence-electron chi connectivity index (χ3n) is 6.41. The quantitative estimate of drug-likeness (QED) is 0.359. The van der Waals surface area contributed by atoms with Crippen molar-refractivity contribution >= 4 is 24.5 Å². The van der Waals surface area contributed by atoms with Gasteiger partial charge >= 0.3 is 0 Å². The molecule has 0 bridgehead atoms. The Morgan fingerprint density at radius 3 is 1.61 bits per heavy atom. The second-order valence-corrected chi connectivity index (χ2v) is 14.4. The third-order valence-corrected chi connectivity index (χ3v) is 12.6. The third kappa shape index (κ3) is 4.98. The van der Waals surface area contributed by atoms with Crippen molar-refractivity contribution in [2.75, 3.05) is 0 Å². The first-order valence-electron chi connectivity index (χ1n) is 10.9. The lowest BCUT2D eigenvalue weighted by atomic mass is 9.97. The highest BCUT2D eigenvalue weighted by Crippen LogP contribution is 2.42. The summed E-state index contributed by atoms with van der Waals surface area (Å²) in [7, 11) is -2.32. The maximum Gasteiger partial charge on any atom is 0.127 e. The van der Waals surface area contributed by atoms with Crippen LogP contribution in [-0.4, -0.2) is 18.8 Å². The summed E-state index contributed by atoms with van der Waals surface area (Å²) in [6, 6.07) is 32.5. The summed E-state index contributed by atoms with van der Waals surface area (Å²) >= 11 is 0. The van der Waals surface area contributed by atoms with E-state index in [9.17, 15) is 5.11 Å². The minimum atomic E-state index is -2.32. The molecule has 0 fully saturated rings. The number of benzene rings is 3. The molecule has 0 saturated heterocycles. The van der Waals surface area contributed by atoms with Gasteiger partial charge in [-0.2, -0.15) is 0 Å². The molecule has 3 rings (SSSR count). The zero-order chi connectivity index (χ0) is 22.5. The molecule has 0 radical (unpaired) electrons. The highest BCUT2D eigenvalue weighted by molar-refractivity contribution is 7.04. The van der Waals surface area contributed by atoms with E-state index in [-0.39, 0.29) is 5.04 Å². The van der Waals surface area contributed by atoms with Crippen molar-refractivity contribution in [2.45, 2.75) is 44.4 Å². The van der Waals surface area contributed by atoms with Gasteiger partial charge in [-0.1, -0.05) is 135 Å². The molecule has 3 aromatic carbocycles. The van der Waals surface area contributed by atoms with E-state index < -0.39 is 13.7 Å². The van der Waals surface area contributed by atoms with Crippen LogP contribution in [0.4, 0.5) is 0 Å². The Morgan fingerprint density at radius 1 is 0.774 bits per heavy atom. The van der Waals surface area contributed by atoms with Gasteiger partial charge in [0.05, 0.1) is 0 Å². The molecule has 0 spiro atoms. The maximum atomic E-state index is 11.4. The molecule has 0 aliphatic rings. The van der Waals surface area contributed by atoms with Crippen molar-refractivity contribution < 1.29 is 5.11 Å². The van der Waals surface area contributed by atoms with Crippen LogP contribution in [0, 0.1) is 0 Å². The number of rotatable bonds is 7. The van der Waals surface area contributed by atoms with Gasteiger partial charge in [0.15, 0.2) is 0 Å². The molecule has 0 amide bonds. The largest absolute Gasteiger partial charge is 0.382 e. The van der Waals surface area contributed by atoms with Crippen LogP contribution in [0.2, 0.25) is 11.1 Å². The Bertz CT molecular complexity index is 973. The van der Waals surface area contributed by atoms with E-state index in [1.807, 2.05) is 49.4 Å². The molecule has 0 aliphatic heterocycles. The second kappa shape index (κ2) is 9.21. The van der Waals surface area contributed by atoms with Gasteiger partial charge in [-0.05, 0) is 35.2 Å². The van der Waals surface area contributed by atoms with Gasteiger partial charge in [-0.3, -0.25) is 0 Å². The summed E-state index contributed by atoms with van der Waals surface area (Å²) in [6.07, 6.45) is 3.86. The van der Waals surface area contributed by atoms with Gasteiger partial charge in [0.2, 0.25) is 0 Å². The molecular formula is C29H34OSi. The first kappa shape index (κ1) is 23.0. The van der Waals surface area contributed by atoms with Crippen LogP contribution in [0.15, 0.2) is 109 Å². The highest BCUT2D eigenvalue weighted by atomic mass is 28.3. The van der Waals surface area contributed by atoms with Crippen LogP contribution in [0.1, 0.15) is 33.3 Å². The molecule has 0 aliphatic carbocycles. The molecule has 160 valence electrons. The zero-order valence-corrected chi connectivity index (χ0v) is 20.2. The predicted molar refractivity (Wildman–Crippen MR) is 138 cm³/mol. The summed E-state index contributed by atoms with van der Waals surface area (Å²) in [6.45, 7) is 13.3. The summed E-state index contributed by atoms with van der Waals surface area (Å²) in [4.78, 5) is 0. The number of aliphatic hydroxyl groups is 1. The van der Waals surface area contributed by atoms with Crippen molar-refractivity contribution in [3.05, 3.63) is 115 Å². The van der Waals surface area contributed by atoms with Gasteiger partial charge in [0, 0.05) is 0 Å². The van der Waals surface area contributed by atoms with E-state index in [2.05, 4.69) is 88.0 Å². The second-order valence-electron chi connectivity index (χ2n) is 9.56. The van der Waals surface area contributed by atoms with Crippen LogP contribution in [0.5, 0.6) is 0 Å². The van der Waals surface area contributed by atoms with Crippen molar-refractivity contribution in [3.63, 3.8) is 0 Å². The normalized spacial score (nSPS) is 14.4. The van der Waals surface area contributed by atoms with Crippen molar-refractivity contribution in [2.24, 2.45) is 0 Å². The molecule has 1 atom stereocenters. The van der Waals surface area contributed by atoms with Gasteiger partial charge in [0.25, 0.3) is 0 Å². The Morgan fingerprint density at radius 2 is 1.19 bits per heavy atom. The summed E-state index contributed by atoms with van der Waals surface area (Å²) in [5.41, 5.74) is 0.832. The smallest absolute Gasteiger partial charge is 0.127 e. The SMILES string of the molecule is C=C(C[Si](c1ccccc1)(c1ccccc1)C(C)(C)C)C(C)(O)/C=C/c1ccccc1. The number of hydrogen-bond acceptors (Lipinski definition) is 1. The van der Waals surface area contributed by atoms with Gasteiger partial charge in [-0.15, -0.1) is 0 Å². The van der Waals surface area contributed by atoms with Gasteiger partial charge in [-0.25, -0.2) is 0 Å². The van der Waals surface area contributed by atoms with Crippen molar-refractivity contribution in [1.82, 2.24) is 0 Å². The molecule has 31 heavy (non-hydrogen) atoms. The topological polar surface area (TPSA) is 20.2 Å². The molecule has 3 aromatic rings. The van der Waals surface area contributed by atoms with Gasteiger partial charge in [0.1, 0.15) is 13.7 Å². The van der Waals surface area contributed by atoms with Crippen LogP contribution >= 0.6 is 0 Å². The average Bonchev–Trinajstić information content (AvgIpc) is 2.77. The van der Waals surface area contributed by atoms with Crippen molar-refractivity contribution in [3.8, 4) is 0 Å². The van der Waals surface area contributed by atoms with Crippen LogP contribution < -0.4 is 10.4 Å². The molecule has 1 N–H and O–H groups in total. The Hall–Kier alpha value is -2.68. The van der Waals surface area contributed by atoms with E-state index in [0.717, 1.165) is 17.2 Å². The molecular weight excluding hydrogens is 392 g/mol. The summed E-state index contributed by atoms with van der Waals surface area (Å²) in [5.74, 6) is 0. The first-order chi connectivity index (χ1) is 14.7. The van der Waals surface area contributed by atoms with Crippen molar-refractivity contribution in [1.29, 1.82) is 0 Å². The van der Waals surface area contributed by atoms with Crippen LogP contribution in [0.25, 0.3) is 6.08 Å². The summed E-state index contributed by atoms with van der Waals surface area (Å²) < 4.78 is 0. The summed E-state index contributed by atoms with van der Waals surface area (Å²) in [5, 5.41) is 14.2. The lowest BCUT2D eigenvalue weighted by Gasteiger charge is -2.46. The van der Waals surface area contributed by atoms with Crippen LogP contribution in [-0.2, 0) is 0 Å². The van der Waals surface area contributed by atoms with Crippen LogP contribution in [0.3, 0.4) is 0 Å². The fourth-order valence-corrected chi connectivity index (χ4v) is 9.91. The zero-order valence-electron chi connectivity index (χ0n) is 19.2. The Labute approximate surface area is 188 Å². The molecule has 2 heteroatoms. The Balaban J connectivity index is 2.06. The number of hydrogen-bond donors (Lipinski definition) is 1. The first-order valence-corrected chi connectivity index (χ1v) is 13.1. The monoisotopic (exact) mass is 426 g/mol. The highest BCUT2D eigenvalue weighted by Gasteiger charge is 2.48. The van der Waals surface area contributed by atoms with E-state index in [0.29, 0.717) is 0 Å². The lowest BCUT2D eigenvalue weighted by molar-refractivity contribution is 0.152. The predicted octanol–water partition coefficient (Wildman–Crippen LogP) is 6.07. The molecule has 0 saturated carbocycles. The van der Waals surface area contributed by atoms with E-state index in [1.165, 1.54) is 10.4 Å². The van der Waals surface area contributed by atoms with Gasteiger partial charge < -0.3 is 5.11 Å². The average molecular weight is 427 g/mol. The molecule has 1 nitrogen and oxygen atoms in total. The minimum absolute atomic E-state index is 0.0257.